The number of nitrogens with one attached hydrogen (secondary N) is 2. The van der Waals surface area contributed by atoms with Gasteiger partial charge in [0.2, 0.25) is 5.91 Å². The smallest absolute Gasteiger partial charge is 0.254 e. The summed E-state index contributed by atoms with van der Waals surface area (Å²) in [7, 11) is 0. The van der Waals surface area contributed by atoms with Crippen molar-refractivity contribution in [1.29, 1.82) is 0 Å². The average Bonchev–Trinajstić information content (AvgIpc) is 3.23. The first-order chi connectivity index (χ1) is 16.3. The van der Waals surface area contributed by atoms with Crippen molar-refractivity contribution in [2.24, 2.45) is 5.92 Å². The van der Waals surface area contributed by atoms with Crippen LogP contribution in [0.15, 0.2) is 42.5 Å². The second-order valence-electron chi connectivity index (χ2n) is 9.09. The Kier molecular flexibility index (Phi) is 7.24. The first kappa shape index (κ1) is 23.9. The lowest BCUT2D eigenvalue weighted by atomic mass is 9.84. The molecule has 8 heteroatoms. The number of aryl methyl sites for hydroxylation is 1. The summed E-state index contributed by atoms with van der Waals surface area (Å²) < 4.78 is 27.0. The number of amides is 3. The molecule has 0 unspecified atom stereocenters. The van der Waals surface area contributed by atoms with Crippen LogP contribution in [-0.2, 0) is 4.79 Å². The molecule has 2 aromatic rings. The molecule has 6 nitrogen and oxygen atoms in total. The lowest BCUT2D eigenvalue weighted by molar-refractivity contribution is -0.125. The number of hydrogen-bond acceptors (Lipinski definition) is 3. The first-order valence-electron chi connectivity index (χ1n) is 11.8. The van der Waals surface area contributed by atoms with Gasteiger partial charge in [0.15, 0.2) is 0 Å². The average molecular weight is 470 g/mol. The molecule has 2 aliphatic rings. The molecule has 2 fully saturated rings. The van der Waals surface area contributed by atoms with Gasteiger partial charge in [-0.25, -0.2) is 8.78 Å². The van der Waals surface area contributed by atoms with E-state index in [9.17, 15) is 23.2 Å². The number of hydrogen-bond donors (Lipinski definition) is 2. The molecule has 1 aliphatic heterocycles. The third kappa shape index (κ3) is 5.11. The number of likely N-dealkylation sites (tertiary alicyclic amines) is 1. The van der Waals surface area contributed by atoms with Gasteiger partial charge in [-0.1, -0.05) is 18.9 Å². The molecule has 3 atom stereocenters. The van der Waals surface area contributed by atoms with E-state index in [1.165, 1.54) is 36.4 Å². The Balaban J connectivity index is 1.37. The summed E-state index contributed by atoms with van der Waals surface area (Å²) in [6, 6.07) is 9.06. The number of nitrogens with zero attached hydrogens (tertiary/aromatic N) is 1. The fourth-order valence-corrected chi connectivity index (χ4v) is 5.04. The Morgan fingerprint density at radius 1 is 0.941 bits per heavy atom. The molecule has 0 radical (unpaired) electrons. The number of carbonyl (C=O) groups excluding carboxylic acids is 3. The fraction of sp³-hybridized carbons (Fsp3) is 0.423. The van der Waals surface area contributed by atoms with Crippen LogP contribution in [0.5, 0.6) is 0 Å². The molecule has 1 saturated heterocycles. The number of fused-ring (bicyclic) bond motifs is 1. The van der Waals surface area contributed by atoms with Crippen molar-refractivity contribution in [3.63, 3.8) is 0 Å². The van der Waals surface area contributed by atoms with Crippen molar-refractivity contribution in [1.82, 2.24) is 15.5 Å². The molecule has 3 amide bonds. The third-order valence-corrected chi connectivity index (χ3v) is 6.86. The minimum atomic E-state index is -0.604. The van der Waals surface area contributed by atoms with Gasteiger partial charge in [-0.3, -0.25) is 14.4 Å². The Morgan fingerprint density at radius 2 is 1.62 bits per heavy atom. The predicted octanol–water partition coefficient (Wildman–Crippen LogP) is 3.59. The van der Waals surface area contributed by atoms with Gasteiger partial charge >= 0.3 is 0 Å². The van der Waals surface area contributed by atoms with Gasteiger partial charge < -0.3 is 15.5 Å². The molecule has 2 aromatic carbocycles. The van der Waals surface area contributed by atoms with Crippen molar-refractivity contribution in [2.75, 3.05) is 13.1 Å². The van der Waals surface area contributed by atoms with E-state index < -0.39 is 23.6 Å². The summed E-state index contributed by atoms with van der Waals surface area (Å²) in [5, 5.41) is 5.50. The van der Waals surface area contributed by atoms with Crippen LogP contribution in [0.25, 0.3) is 0 Å². The Hall–Kier alpha value is -3.29. The van der Waals surface area contributed by atoms with E-state index in [2.05, 4.69) is 10.6 Å². The second kappa shape index (κ2) is 10.3. The number of benzene rings is 2. The van der Waals surface area contributed by atoms with Gasteiger partial charge in [0, 0.05) is 30.3 Å². The first-order valence-corrected chi connectivity index (χ1v) is 11.8. The Labute approximate surface area is 197 Å². The van der Waals surface area contributed by atoms with Gasteiger partial charge in [0.05, 0.1) is 0 Å². The van der Waals surface area contributed by atoms with E-state index in [0.29, 0.717) is 17.5 Å². The van der Waals surface area contributed by atoms with E-state index >= 15 is 0 Å². The minimum absolute atomic E-state index is 0.00168. The zero-order chi connectivity index (χ0) is 24.2. The highest BCUT2D eigenvalue weighted by Crippen LogP contribution is 2.40. The van der Waals surface area contributed by atoms with Crippen LogP contribution in [0, 0.1) is 24.5 Å². The summed E-state index contributed by atoms with van der Waals surface area (Å²) in [6.07, 6.45) is 4.52. The molecule has 4 rings (SSSR count). The number of rotatable bonds is 6. The van der Waals surface area contributed by atoms with Gasteiger partial charge in [-0.15, -0.1) is 0 Å². The Bertz CT molecular complexity index is 1070. The van der Waals surface area contributed by atoms with Gasteiger partial charge in [-0.2, -0.15) is 0 Å². The lowest BCUT2D eigenvalue weighted by Crippen LogP contribution is -2.50. The zero-order valence-electron chi connectivity index (χ0n) is 19.2. The maximum Gasteiger partial charge on any atom is 0.254 e. The summed E-state index contributed by atoms with van der Waals surface area (Å²) in [6.45, 7) is 1.98. The highest BCUT2D eigenvalue weighted by molar-refractivity contribution is 5.98. The molecular formula is C26H29F2N3O3. The van der Waals surface area contributed by atoms with E-state index in [4.69, 9.17) is 0 Å². The quantitative estimate of drug-likeness (QED) is 0.635. The second-order valence-corrected chi connectivity index (χ2v) is 9.09. The topological polar surface area (TPSA) is 78.5 Å². The molecule has 1 aliphatic carbocycles. The molecule has 0 aromatic heterocycles. The lowest BCUT2D eigenvalue weighted by Gasteiger charge is -2.33. The van der Waals surface area contributed by atoms with Gasteiger partial charge in [-0.05, 0) is 74.1 Å². The van der Waals surface area contributed by atoms with Crippen molar-refractivity contribution in [2.45, 2.75) is 51.1 Å². The maximum atomic E-state index is 13.7. The van der Waals surface area contributed by atoms with Gasteiger partial charge in [0.25, 0.3) is 11.8 Å². The minimum Gasteiger partial charge on any atom is -0.353 e. The molecule has 1 heterocycles. The van der Waals surface area contributed by atoms with E-state index in [1.54, 1.807) is 17.9 Å². The number of carbonyl (C=O) groups is 3. The maximum absolute atomic E-state index is 13.7. The van der Waals surface area contributed by atoms with Crippen molar-refractivity contribution < 1.29 is 23.2 Å². The van der Waals surface area contributed by atoms with Crippen LogP contribution in [0.1, 0.15) is 58.4 Å². The monoisotopic (exact) mass is 469 g/mol. The summed E-state index contributed by atoms with van der Waals surface area (Å²) in [5.74, 6) is -1.55. The molecule has 0 spiro atoms. The highest BCUT2D eigenvalue weighted by Gasteiger charge is 2.47. The highest BCUT2D eigenvalue weighted by atomic mass is 19.1. The third-order valence-electron chi connectivity index (χ3n) is 6.86. The molecule has 2 N–H and O–H groups in total. The molecular weight excluding hydrogens is 440 g/mol. The standard InChI is InChI=1S/C26H29F2N3O3/c1-16-6-7-19(14-21(16)28)24(32)29-12-13-30-25(33)23-15-18-4-2-3-5-22(18)31(23)26(34)17-8-10-20(27)11-9-17/h6-11,14,18,22-23H,2-5,12-13,15H2,1H3,(H,29,32)(H,30,33)/t18-,22-,23+/m1/s1. The van der Waals surface area contributed by atoms with Crippen molar-refractivity contribution in [3.05, 3.63) is 70.8 Å². The fourth-order valence-electron chi connectivity index (χ4n) is 5.04. The van der Waals surface area contributed by atoms with Crippen LogP contribution in [-0.4, -0.2) is 47.8 Å². The van der Waals surface area contributed by atoms with Crippen LogP contribution in [0.4, 0.5) is 8.78 Å². The predicted molar refractivity (Wildman–Crippen MR) is 123 cm³/mol. The van der Waals surface area contributed by atoms with Gasteiger partial charge in [0.1, 0.15) is 17.7 Å². The molecule has 180 valence electrons. The summed E-state index contributed by atoms with van der Waals surface area (Å²) in [4.78, 5) is 40.3. The molecule has 34 heavy (non-hydrogen) atoms. The Morgan fingerprint density at radius 3 is 2.35 bits per heavy atom. The van der Waals surface area contributed by atoms with E-state index in [1.807, 2.05) is 0 Å². The van der Waals surface area contributed by atoms with Crippen LogP contribution in [0.3, 0.4) is 0 Å². The van der Waals surface area contributed by atoms with Crippen molar-refractivity contribution >= 4 is 17.7 Å². The van der Waals surface area contributed by atoms with E-state index in [0.717, 1.165) is 25.7 Å². The normalized spacial score (nSPS) is 21.6. The number of halogens is 2. The van der Waals surface area contributed by atoms with E-state index in [-0.39, 0.29) is 42.4 Å². The molecule has 1 saturated carbocycles. The molecule has 0 bridgehead atoms. The SMILES string of the molecule is Cc1ccc(C(=O)NCCNC(=O)[C@@H]2C[C@H]3CCCC[C@H]3N2C(=O)c2ccc(F)cc2)cc1F. The summed E-state index contributed by atoms with van der Waals surface area (Å²) >= 11 is 0. The summed E-state index contributed by atoms with van der Waals surface area (Å²) in [5.41, 5.74) is 1.04. The zero-order valence-corrected chi connectivity index (χ0v) is 19.2. The largest absolute Gasteiger partial charge is 0.353 e. The van der Waals surface area contributed by atoms with Crippen LogP contribution in [0.2, 0.25) is 0 Å². The van der Waals surface area contributed by atoms with Crippen molar-refractivity contribution in [3.8, 4) is 0 Å². The van der Waals surface area contributed by atoms with Crippen LogP contribution >= 0.6 is 0 Å². The van der Waals surface area contributed by atoms with Crippen LogP contribution < -0.4 is 10.6 Å².